The average Bonchev–Trinajstić information content (AvgIpc) is 2.70. The molecule has 0 saturated heterocycles. The number of nitrogens with two attached hydrogens (primary N) is 1. The van der Waals surface area contributed by atoms with Crippen LogP contribution in [0.25, 0.3) is 0 Å². The number of carbonyl (C=O) groups excluding carboxylic acids is 1. The molecule has 2 N–H and O–H groups in total. The minimum atomic E-state index is -0.143. The predicted octanol–water partition coefficient (Wildman–Crippen LogP) is 1.43. The summed E-state index contributed by atoms with van der Waals surface area (Å²) in [5, 5.41) is 3.60. The number of carbonyl (C=O) groups is 1. The fourth-order valence-electron chi connectivity index (χ4n) is 1.45. The Morgan fingerprint density at radius 3 is 2.71 bits per heavy atom. The summed E-state index contributed by atoms with van der Waals surface area (Å²) in [6.45, 7) is 6.58. The van der Waals surface area contributed by atoms with Crippen molar-refractivity contribution in [2.24, 2.45) is 11.7 Å². The van der Waals surface area contributed by atoms with E-state index in [-0.39, 0.29) is 11.9 Å². The van der Waals surface area contributed by atoms with E-state index < -0.39 is 0 Å². The van der Waals surface area contributed by atoms with Gasteiger partial charge in [-0.1, -0.05) is 19.0 Å². The molecule has 0 saturated carbocycles. The molecule has 5 nitrogen and oxygen atoms in total. The van der Waals surface area contributed by atoms with Crippen LogP contribution in [-0.4, -0.2) is 35.6 Å². The van der Waals surface area contributed by atoms with Gasteiger partial charge in [0.15, 0.2) is 0 Å². The van der Waals surface area contributed by atoms with Crippen LogP contribution in [0.15, 0.2) is 10.7 Å². The van der Waals surface area contributed by atoms with Crippen LogP contribution >= 0.6 is 0 Å². The van der Waals surface area contributed by atoms with Crippen LogP contribution in [0.3, 0.4) is 0 Å². The van der Waals surface area contributed by atoms with Gasteiger partial charge >= 0.3 is 0 Å². The molecule has 0 fully saturated rings. The monoisotopic (exact) mass is 239 g/mol. The lowest BCUT2D eigenvalue weighted by Gasteiger charge is -2.20. The van der Waals surface area contributed by atoms with Crippen LogP contribution in [0.2, 0.25) is 0 Å². The van der Waals surface area contributed by atoms with Crippen molar-refractivity contribution in [3.8, 4) is 0 Å². The van der Waals surface area contributed by atoms with E-state index in [1.807, 2.05) is 0 Å². The Balaban J connectivity index is 2.51. The number of aromatic nitrogens is 1. The number of hydrogen-bond acceptors (Lipinski definition) is 4. The van der Waals surface area contributed by atoms with Crippen molar-refractivity contribution < 1.29 is 9.32 Å². The summed E-state index contributed by atoms with van der Waals surface area (Å²) in [6, 6.07) is 0.112. The molecule has 1 rings (SSSR count). The van der Waals surface area contributed by atoms with Gasteiger partial charge in [-0.15, -0.1) is 0 Å². The Bertz CT molecular complexity index is 374. The number of amides is 1. The van der Waals surface area contributed by atoms with Gasteiger partial charge in [0.2, 0.25) is 5.76 Å². The fraction of sp³-hybridized carbons (Fsp3) is 0.667. The molecule has 1 aromatic rings. The molecule has 1 atom stereocenters. The minimum Gasteiger partial charge on any atom is -0.351 e. The van der Waals surface area contributed by atoms with Gasteiger partial charge in [0.25, 0.3) is 5.91 Å². The molecule has 0 aliphatic carbocycles. The van der Waals surface area contributed by atoms with Gasteiger partial charge < -0.3 is 15.2 Å². The van der Waals surface area contributed by atoms with Crippen LogP contribution in [0.4, 0.5) is 0 Å². The van der Waals surface area contributed by atoms with E-state index in [2.05, 4.69) is 19.0 Å². The molecule has 17 heavy (non-hydrogen) atoms. The highest BCUT2D eigenvalue weighted by Gasteiger charge is 2.19. The predicted molar refractivity (Wildman–Crippen MR) is 65.6 cm³/mol. The molecule has 0 aromatic carbocycles. The first-order valence-electron chi connectivity index (χ1n) is 5.85. The third kappa shape index (κ3) is 3.56. The van der Waals surface area contributed by atoms with E-state index in [4.69, 9.17) is 10.3 Å². The second-order valence-electron chi connectivity index (χ2n) is 4.76. The molecular formula is C12H21N3O2. The molecule has 0 bridgehead atoms. The lowest BCUT2D eigenvalue weighted by atomic mass is 10.0. The molecule has 0 spiro atoms. The summed E-state index contributed by atoms with van der Waals surface area (Å²) < 4.78 is 4.93. The standard InChI is InChI=1S/C12H21N3O2/c1-8(2)10(13)5-6-15(4)12(16)11-9(3)7-14-17-11/h7-8,10H,5-6,13H2,1-4H3. The zero-order valence-electron chi connectivity index (χ0n) is 10.9. The number of hydrogen-bond donors (Lipinski definition) is 1. The average molecular weight is 239 g/mol. The van der Waals surface area contributed by atoms with E-state index >= 15 is 0 Å². The molecule has 1 amide bonds. The van der Waals surface area contributed by atoms with Gasteiger partial charge in [0.05, 0.1) is 6.20 Å². The maximum atomic E-state index is 12.0. The van der Waals surface area contributed by atoms with Gasteiger partial charge in [-0.3, -0.25) is 4.79 Å². The SMILES string of the molecule is Cc1cnoc1C(=O)N(C)CCC(N)C(C)C. The minimum absolute atomic E-state index is 0.112. The van der Waals surface area contributed by atoms with Gasteiger partial charge in [-0.05, 0) is 19.3 Å². The van der Waals surface area contributed by atoms with Crippen LogP contribution in [0, 0.1) is 12.8 Å². The second kappa shape index (κ2) is 5.82. The van der Waals surface area contributed by atoms with Crippen molar-refractivity contribution in [2.45, 2.75) is 33.2 Å². The van der Waals surface area contributed by atoms with Crippen LogP contribution in [0.5, 0.6) is 0 Å². The van der Waals surface area contributed by atoms with E-state index in [0.29, 0.717) is 18.2 Å². The third-order valence-electron chi connectivity index (χ3n) is 2.94. The zero-order valence-corrected chi connectivity index (χ0v) is 10.9. The van der Waals surface area contributed by atoms with E-state index in [0.717, 1.165) is 12.0 Å². The van der Waals surface area contributed by atoms with Gasteiger partial charge in [0.1, 0.15) is 0 Å². The maximum absolute atomic E-state index is 12.0. The summed E-state index contributed by atoms with van der Waals surface area (Å²) in [5.41, 5.74) is 6.70. The molecular weight excluding hydrogens is 218 g/mol. The smallest absolute Gasteiger partial charge is 0.292 e. The molecule has 1 aromatic heterocycles. The van der Waals surface area contributed by atoms with Crippen molar-refractivity contribution in [2.75, 3.05) is 13.6 Å². The largest absolute Gasteiger partial charge is 0.351 e. The summed E-state index contributed by atoms with van der Waals surface area (Å²) in [7, 11) is 1.75. The van der Waals surface area contributed by atoms with E-state index in [1.165, 1.54) is 0 Å². The Hall–Kier alpha value is -1.36. The lowest BCUT2D eigenvalue weighted by Crippen LogP contribution is -2.34. The third-order valence-corrected chi connectivity index (χ3v) is 2.94. The zero-order chi connectivity index (χ0) is 13.0. The molecule has 0 aliphatic rings. The maximum Gasteiger partial charge on any atom is 0.292 e. The summed E-state index contributed by atoms with van der Waals surface area (Å²) in [5.74, 6) is 0.590. The van der Waals surface area contributed by atoms with Crippen molar-refractivity contribution in [1.82, 2.24) is 10.1 Å². The summed E-state index contributed by atoms with van der Waals surface area (Å²) in [6.07, 6.45) is 2.33. The molecule has 96 valence electrons. The van der Waals surface area contributed by atoms with E-state index in [9.17, 15) is 4.79 Å². The van der Waals surface area contributed by atoms with Gasteiger partial charge in [-0.25, -0.2) is 0 Å². The fourth-order valence-corrected chi connectivity index (χ4v) is 1.45. The normalized spacial score (nSPS) is 12.8. The highest BCUT2D eigenvalue weighted by molar-refractivity contribution is 5.92. The first-order chi connectivity index (χ1) is 7.93. The van der Waals surface area contributed by atoms with Gasteiger partial charge in [-0.2, -0.15) is 0 Å². The van der Waals surface area contributed by atoms with Crippen LogP contribution < -0.4 is 5.73 Å². The van der Waals surface area contributed by atoms with Crippen LogP contribution in [-0.2, 0) is 0 Å². The Morgan fingerprint density at radius 2 is 2.24 bits per heavy atom. The number of aryl methyl sites for hydroxylation is 1. The molecule has 5 heteroatoms. The van der Waals surface area contributed by atoms with Crippen LogP contribution in [0.1, 0.15) is 36.4 Å². The van der Waals surface area contributed by atoms with E-state index in [1.54, 1.807) is 25.1 Å². The van der Waals surface area contributed by atoms with Crippen molar-refractivity contribution >= 4 is 5.91 Å². The highest BCUT2D eigenvalue weighted by Crippen LogP contribution is 2.10. The number of rotatable bonds is 5. The lowest BCUT2D eigenvalue weighted by molar-refractivity contribution is 0.0747. The molecule has 1 unspecified atom stereocenters. The second-order valence-corrected chi connectivity index (χ2v) is 4.76. The molecule has 0 aliphatic heterocycles. The first-order valence-corrected chi connectivity index (χ1v) is 5.85. The number of nitrogens with zero attached hydrogens (tertiary/aromatic N) is 2. The highest BCUT2D eigenvalue weighted by atomic mass is 16.5. The summed E-state index contributed by atoms with van der Waals surface area (Å²) in [4.78, 5) is 13.6. The van der Waals surface area contributed by atoms with Crippen molar-refractivity contribution in [3.05, 3.63) is 17.5 Å². The Morgan fingerprint density at radius 1 is 1.59 bits per heavy atom. The first kappa shape index (κ1) is 13.7. The van der Waals surface area contributed by atoms with Crippen molar-refractivity contribution in [1.29, 1.82) is 0 Å². The summed E-state index contributed by atoms with van der Waals surface area (Å²) >= 11 is 0. The quantitative estimate of drug-likeness (QED) is 0.843. The Labute approximate surface area is 102 Å². The van der Waals surface area contributed by atoms with Crippen molar-refractivity contribution in [3.63, 3.8) is 0 Å². The Kier molecular flexibility index (Phi) is 4.69. The topological polar surface area (TPSA) is 72.4 Å². The molecule has 1 heterocycles. The van der Waals surface area contributed by atoms with Gasteiger partial charge in [0, 0.05) is 25.2 Å². The molecule has 0 radical (unpaired) electrons.